The van der Waals surface area contributed by atoms with E-state index in [0.717, 1.165) is 63.0 Å². The topological polar surface area (TPSA) is 52.7 Å². The molecule has 0 aromatic carbocycles. The van der Waals surface area contributed by atoms with Crippen LogP contribution in [0.3, 0.4) is 0 Å². The summed E-state index contributed by atoms with van der Waals surface area (Å²) in [5, 5.41) is 3.47. The van der Waals surface area contributed by atoms with Gasteiger partial charge in [0.05, 0.1) is 4.87 Å². The molecule has 5 nitrogen and oxygen atoms in total. The summed E-state index contributed by atoms with van der Waals surface area (Å²) < 4.78 is 0. The molecule has 7 heteroatoms. The van der Waals surface area contributed by atoms with E-state index in [9.17, 15) is 9.59 Å². The Labute approximate surface area is 148 Å². The van der Waals surface area contributed by atoms with Crippen LogP contribution in [0, 0.1) is 11.8 Å². The highest BCUT2D eigenvalue weighted by Gasteiger charge is 2.53. The Bertz CT molecular complexity index is 492. The Kier molecular flexibility index (Phi) is 4.87. The third-order valence-corrected chi connectivity index (χ3v) is 7.57. The lowest BCUT2D eigenvalue weighted by Crippen LogP contribution is -2.51. The number of likely N-dealkylation sites (tertiary alicyclic amines) is 1. The van der Waals surface area contributed by atoms with Gasteiger partial charge in [-0.05, 0) is 51.1 Å². The highest BCUT2D eigenvalue weighted by molar-refractivity contribution is 8.01. The molecule has 0 spiro atoms. The van der Waals surface area contributed by atoms with Crippen LogP contribution in [0.5, 0.6) is 0 Å². The molecule has 4 aliphatic heterocycles. The summed E-state index contributed by atoms with van der Waals surface area (Å²) in [5.74, 6) is 2.59. The van der Waals surface area contributed by atoms with Gasteiger partial charge >= 0.3 is 0 Å². The van der Waals surface area contributed by atoms with Gasteiger partial charge in [-0.1, -0.05) is 0 Å². The summed E-state index contributed by atoms with van der Waals surface area (Å²) in [6, 6.07) is -0.221. The van der Waals surface area contributed by atoms with E-state index in [1.54, 1.807) is 11.8 Å². The van der Waals surface area contributed by atoms with Crippen LogP contribution < -0.4 is 5.32 Å². The third kappa shape index (κ3) is 2.87. The zero-order chi connectivity index (χ0) is 15.3. The Hall–Kier alpha value is -0.460. The maximum atomic E-state index is 13.0. The van der Waals surface area contributed by atoms with Crippen LogP contribution in [0.2, 0.25) is 0 Å². The number of carbonyl (C=O) groups excluding carboxylic acids is 2. The number of amides is 2. The highest BCUT2D eigenvalue weighted by Crippen LogP contribution is 2.47. The first-order valence-corrected chi connectivity index (χ1v) is 9.53. The molecule has 1 N–H and O–H groups in total. The molecule has 4 saturated heterocycles. The largest absolute Gasteiger partial charge is 0.341 e. The molecule has 0 aliphatic carbocycles. The molecule has 2 unspecified atom stereocenters. The molecule has 0 aromatic heterocycles. The number of hydrogen-bond acceptors (Lipinski definition) is 4. The van der Waals surface area contributed by atoms with E-state index in [1.807, 2.05) is 9.80 Å². The average molecular weight is 360 g/mol. The molecular weight excluding hydrogens is 334 g/mol. The van der Waals surface area contributed by atoms with Crippen molar-refractivity contribution in [1.82, 2.24) is 15.1 Å². The van der Waals surface area contributed by atoms with Crippen molar-refractivity contribution in [1.29, 1.82) is 0 Å². The van der Waals surface area contributed by atoms with E-state index in [-0.39, 0.29) is 35.1 Å². The van der Waals surface area contributed by atoms with Gasteiger partial charge in [0.1, 0.15) is 6.04 Å². The molecular formula is C16H26ClN3O2S. The Morgan fingerprint density at radius 3 is 2.57 bits per heavy atom. The molecule has 4 aliphatic rings. The Morgan fingerprint density at radius 2 is 1.91 bits per heavy atom. The second-order valence-electron chi connectivity index (χ2n) is 7.35. The molecule has 23 heavy (non-hydrogen) atoms. The average Bonchev–Trinajstić information content (AvgIpc) is 3.12. The molecule has 4 fully saturated rings. The summed E-state index contributed by atoms with van der Waals surface area (Å²) >= 11 is 1.79. The predicted molar refractivity (Wildman–Crippen MR) is 93.6 cm³/mol. The minimum absolute atomic E-state index is 0. The third-order valence-electron chi connectivity index (χ3n) is 6.06. The molecule has 0 aromatic rings. The van der Waals surface area contributed by atoms with Gasteiger partial charge in [0.15, 0.2) is 0 Å². The molecule has 4 heterocycles. The van der Waals surface area contributed by atoms with Gasteiger partial charge in [-0.25, -0.2) is 0 Å². The van der Waals surface area contributed by atoms with Crippen LogP contribution >= 0.6 is 24.2 Å². The second-order valence-corrected chi connectivity index (χ2v) is 8.85. The van der Waals surface area contributed by atoms with Crippen LogP contribution in [-0.2, 0) is 9.59 Å². The SMILES string of the molecule is CC12CCC(=O)N1C(C(=O)N1CC[C@@H]3CNC[C@@H]3CC1)CS2.Cl. The zero-order valence-corrected chi connectivity index (χ0v) is 15.3. The van der Waals surface area contributed by atoms with Crippen LogP contribution in [0.1, 0.15) is 32.6 Å². The van der Waals surface area contributed by atoms with Crippen molar-refractivity contribution in [2.75, 3.05) is 31.9 Å². The molecule has 0 bridgehead atoms. The minimum Gasteiger partial charge on any atom is -0.341 e. The van der Waals surface area contributed by atoms with E-state index >= 15 is 0 Å². The molecule has 0 saturated carbocycles. The molecule has 4 atom stereocenters. The van der Waals surface area contributed by atoms with Crippen molar-refractivity contribution in [3.63, 3.8) is 0 Å². The minimum atomic E-state index is -0.221. The summed E-state index contributed by atoms with van der Waals surface area (Å²) in [7, 11) is 0. The summed E-state index contributed by atoms with van der Waals surface area (Å²) in [4.78, 5) is 29.0. The first-order chi connectivity index (χ1) is 10.6. The fourth-order valence-electron chi connectivity index (χ4n) is 4.65. The van der Waals surface area contributed by atoms with Crippen molar-refractivity contribution in [2.45, 2.75) is 43.5 Å². The zero-order valence-electron chi connectivity index (χ0n) is 13.6. The van der Waals surface area contributed by atoms with Gasteiger partial charge in [0, 0.05) is 25.3 Å². The van der Waals surface area contributed by atoms with E-state index < -0.39 is 0 Å². The summed E-state index contributed by atoms with van der Waals surface area (Å²) in [5.41, 5.74) is 0. The number of nitrogens with one attached hydrogen (secondary N) is 1. The van der Waals surface area contributed by atoms with Crippen molar-refractivity contribution in [3.05, 3.63) is 0 Å². The number of thioether (sulfide) groups is 1. The van der Waals surface area contributed by atoms with Crippen molar-refractivity contribution in [3.8, 4) is 0 Å². The predicted octanol–water partition coefficient (Wildman–Crippen LogP) is 1.32. The second kappa shape index (κ2) is 6.45. The van der Waals surface area contributed by atoms with E-state index in [0.29, 0.717) is 6.42 Å². The van der Waals surface area contributed by atoms with E-state index in [1.165, 1.54) is 0 Å². The van der Waals surface area contributed by atoms with Crippen molar-refractivity contribution >= 4 is 36.0 Å². The molecule has 4 rings (SSSR count). The molecule has 0 radical (unpaired) electrons. The number of fused-ring (bicyclic) bond motifs is 2. The maximum absolute atomic E-state index is 13.0. The number of halogens is 1. The van der Waals surface area contributed by atoms with Gasteiger partial charge in [-0.3, -0.25) is 9.59 Å². The van der Waals surface area contributed by atoms with Crippen molar-refractivity contribution in [2.24, 2.45) is 11.8 Å². The fraction of sp³-hybridized carbons (Fsp3) is 0.875. The maximum Gasteiger partial charge on any atom is 0.246 e. The van der Waals surface area contributed by atoms with E-state index in [4.69, 9.17) is 0 Å². The lowest BCUT2D eigenvalue weighted by atomic mass is 9.92. The number of nitrogens with zero attached hydrogens (tertiary/aromatic N) is 2. The quantitative estimate of drug-likeness (QED) is 0.767. The van der Waals surface area contributed by atoms with Crippen LogP contribution in [0.4, 0.5) is 0 Å². The highest BCUT2D eigenvalue weighted by atomic mass is 35.5. The molecule has 130 valence electrons. The van der Waals surface area contributed by atoms with Gasteiger partial charge in [-0.2, -0.15) is 0 Å². The first kappa shape index (κ1) is 17.4. The summed E-state index contributed by atoms with van der Waals surface area (Å²) in [6.45, 7) is 6.06. The Balaban J connectivity index is 0.00000156. The smallest absolute Gasteiger partial charge is 0.246 e. The van der Waals surface area contributed by atoms with Gasteiger partial charge in [0.25, 0.3) is 0 Å². The van der Waals surface area contributed by atoms with Crippen LogP contribution in [0.25, 0.3) is 0 Å². The lowest BCUT2D eigenvalue weighted by molar-refractivity contribution is -0.143. The fourth-order valence-corrected chi connectivity index (χ4v) is 6.08. The van der Waals surface area contributed by atoms with E-state index in [2.05, 4.69) is 12.2 Å². The Morgan fingerprint density at radius 1 is 1.26 bits per heavy atom. The van der Waals surface area contributed by atoms with Crippen LogP contribution in [-0.4, -0.2) is 64.5 Å². The molecule has 2 amide bonds. The van der Waals surface area contributed by atoms with Crippen LogP contribution in [0.15, 0.2) is 0 Å². The van der Waals surface area contributed by atoms with Gasteiger partial charge < -0.3 is 15.1 Å². The lowest BCUT2D eigenvalue weighted by Gasteiger charge is -2.32. The summed E-state index contributed by atoms with van der Waals surface area (Å²) in [6.07, 6.45) is 3.70. The monoisotopic (exact) mass is 359 g/mol. The standard InChI is InChI=1S/C16H25N3O2S.ClH/c1-16-5-2-14(20)19(16)13(10-22-16)15(21)18-6-3-11-8-17-9-12(11)4-7-18;/h11-13,17H,2-10H2,1H3;1H/t11-,12+,13?,16?;. The number of hydrogen-bond donors (Lipinski definition) is 1. The van der Waals surface area contributed by atoms with Gasteiger partial charge in [-0.15, -0.1) is 24.2 Å². The number of rotatable bonds is 1. The number of carbonyl (C=O) groups is 2. The van der Waals surface area contributed by atoms with Crippen molar-refractivity contribution < 1.29 is 9.59 Å². The normalized spacial score (nSPS) is 39.7. The van der Waals surface area contributed by atoms with Gasteiger partial charge in [0.2, 0.25) is 11.8 Å². The first-order valence-electron chi connectivity index (χ1n) is 8.54.